The van der Waals surface area contributed by atoms with Crippen LogP contribution in [0.15, 0.2) is 23.1 Å². The van der Waals surface area contributed by atoms with Gasteiger partial charge in [-0.15, -0.1) is 0 Å². The van der Waals surface area contributed by atoms with Crippen LogP contribution in [0.25, 0.3) is 0 Å². The molecule has 0 heterocycles. The summed E-state index contributed by atoms with van der Waals surface area (Å²) in [5.74, 6) is -0.171. The Balaban J connectivity index is 3.43. The minimum Gasteiger partial charge on any atom is -0.508 e. The highest BCUT2D eigenvalue weighted by molar-refractivity contribution is 7.85. The van der Waals surface area contributed by atoms with E-state index < -0.39 is 10.1 Å². The Bertz CT molecular complexity index is 469. The van der Waals surface area contributed by atoms with E-state index >= 15 is 0 Å². The fraction of sp³-hybridized carbons (Fsp3) is 0.400. The summed E-state index contributed by atoms with van der Waals surface area (Å²) in [5.41, 5.74) is 0.355. The maximum atomic E-state index is 10.9. The molecule has 0 saturated heterocycles. The first-order chi connectivity index (χ1) is 6.60. The summed E-state index contributed by atoms with van der Waals surface area (Å²) in [6, 6.07) is 3.86. The van der Waals surface area contributed by atoms with Crippen molar-refractivity contribution in [1.82, 2.24) is 0 Å². The summed E-state index contributed by atoms with van der Waals surface area (Å²) in [7, 11) is -4.27. The second kappa shape index (κ2) is 3.50. The summed E-state index contributed by atoms with van der Waals surface area (Å²) in [4.78, 5) is -0.285. The maximum absolute atomic E-state index is 10.9. The van der Waals surface area contributed by atoms with Gasteiger partial charge in [-0.05, 0) is 23.1 Å². The Labute approximate surface area is 89.3 Å². The van der Waals surface area contributed by atoms with Crippen LogP contribution in [0.2, 0.25) is 0 Å². The van der Waals surface area contributed by atoms with Gasteiger partial charge in [0.1, 0.15) is 5.75 Å². The highest BCUT2D eigenvalue weighted by Gasteiger charge is 2.19. The molecule has 0 spiro atoms. The molecular weight excluding hydrogens is 216 g/mol. The average Bonchev–Trinajstić information content (AvgIpc) is 1.99. The van der Waals surface area contributed by atoms with Gasteiger partial charge in [-0.3, -0.25) is 4.55 Å². The lowest BCUT2D eigenvalue weighted by Gasteiger charge is -2.19. The molecule has 1 rings (SSSR count). The zero-order chi connectivity index (χ0) is 11.9. The molecule has 0 unspecified atom stereocenters. The number of phenolic OH excluding ortho intramolecular Hbond substituents is 1. The molecule has 4 nitrogen and oxygen atoms in total. The van der Waals surface area contributed by atoms with E-state index in [2.05, 4.69) is 0 Å². The van der Waals surface area contributed by atoms with Gasteiger partial charge < -0.3 is 5.11 Å². The summed E-state index contributed by atoms with van der Waals surface area (Å²) in [6.07, 6.45) is 0. The molecule has 84 valence electrons. The first-order valence-corrected chi connectivity index (χ1v) is 5.87. The van der Waals surface area contributed by atoms with Gasteiger partial charge in [0.15, 0.2) is 0 Å². The molecule has 0 aliphatic rings. The predicted molar refractivity (Wildman–Crippen MR) is 56.6 cm³/mol. The SMILES string of the molecule is CC(C)(C)c1cc(O)cc(S(=O)(=O)O)c1. The van der Waals surface area contributed by atoms with Crippen molar-refractivity contribution in [3.63, 3.8) is 0 Å². The molecule has 5 heteroatoms. The first-order valence-electron chi connectivity index (χ1n) is 4.43. The summed E-state index contributed by atoms with van der Waals surface area (Å²) >= 11 is 0. The zero-order valence-corrected chi connectivity index (χ0v) is 9.67. The van der Waals surface area contributed by atoms with Crippen LogP contribution in [0.5, 0.6) is 5.75 Å². The molecule has 1 aromatic rings. The van der Waals surface area contributed by atoms with Gasteiger partial charge in [0.05, 0.1) is 4.90 Å². The van der Waals surface area contributed by atoms with Crippen LogP contribution >= 0.6 is 0 Å². The predicted octanol–water partition coefficient (Wildman–Crippen LogP) is 1.94. The minimum absolute atomic E-state index is 0.171. The van der Waals surface area contributed by atoms with Crippen LogP contribution in [-0.4, -0.2) is 18.1 Å². The first kappa shape index (κ1) is 12.0. The summed E-state index contributed by atoms with van der Waals surface area (Å²) < 4.78 is 30.7. The lowest BCUT2D eigenvalue weighted by molar-refractivity contribution is 0.462. The van der Waals surface area contributed by atoms with Gasteiger partial charge in [0.2, 0.25) is 0 Å². The van der Waals surface area contributed by atoms with Crippen molar-refractivity contribution in [2.45, 2.75) is 31.1 Å². The number of benzene rings is 1. The Morgan fingerprint density at radius 3 is 2.07 bits per heavy atom. The molecule has 0 aliphatic heterocycles. The van der Waals surface area contributed by atoms with Gasteiger partial charge in [0, 0.05) is 6.07 Å². The van der Waals surface area contributed by atoms with Crippen LogP contribution < -0.4 is 0 Å². The van der Waals surface area contributed by atoms with Crippen molar-refractivity contribution in [2.75, 3.05) is 0 Å². The molecule has 0 fully saturated rings. The van der Waals surface area contributed by atoms with Gasteiger partial charge in [-0.1, -0.05) is 20.8 Å². The third kappa shape index (κ3) is 2.94. The van der Waals surface area contributed by atoms with E-state index in [1.165, 1.54) is 12.1 Å². The topological polar surface area (TPSA) is 74.6 Å². The zero-order valence-electron chi connectivity index (χ0n) is 8.85. The smallest absolute Gasteiger partial charge is 0.294 e. The van der Waals surface area contributed by atoms with Crippen molar-refractivity contribution in [2.24, 2.45) is 0 Å². The highest BCUT2D eigenvalue weighted by Crippen LogP contribution is 2.28. The lowest BCUT2D eigenvalue weighted by atomic mass is 9.87. The van der Waals surface area contributed by atoms with E-state index in [4.69, 9.17) is 4.55 Å². The van der Waals surface area contributed by atoms with Gasteiger partial charge >= 0.3 is 0 Å². The third-order valence-corrected chi connectivity index (χ3v) is 2.89. The summed E-state index contributed by atoms with van der Waals surface area (Å²) in [5, 5.41) is 9.35. The van der Waals surface area contributed by atoms with Gasteiger partial charge in [0.25, 0.3) is 10.1 Å². The van der Waals surface area contributed by atoms with Crippen molar-refractivity contribution < 1.29 is 18.1 Å². The molecular formula is C10H14O4S. The second-order valence-corrected chi connectivity index (χ2v) is 5.86. The van der Waals surface area contributed by atoms with Crippen molar-refractivity contribution in [3.05, 3.63) is 23.8 Å². The van der Waals surface area contributed by atoms with Gasteiger partial charge in [-0.25, -0.2) is 0 Å². The molecule has 0 aliphatic carbocycles. The Morgan fingerprint density at radius 1 is 1.13 bits per heavy atom. The van der Waals surface area contributed by atoms with E-state index in [1.54, 1.807) is 0 Å². The third-order valence-electron chi connectivity index (χ3n) is 2.06. The van der Waals surface area contributed by atoms with Gasteiger partial charge in [-0.2, -0.15) is 8.42 Å². The monoisotopic (exact) mass is 230 g/mol. The Hall–Kier alpha value is -1.07. The van der Waals surface area contributed by atoms with E-state index in [-0.39, 0.29) is 16.1 Å². The fourth-order valence-corrected chi connectivity index (χ4v) is 1.71. The molecule has 0 amide bonds. The lowest BCUT2D eigenvalue weighted by Crippen LogP contribution is -2.12. The van der Waals surface area contributed by atoms with Crippen LogP contribution in [0.3, 0.4) is 0 Å². The summed E-state index contributed by atoms with van der Waals surface area (Å²) in [6.45, 7) is 5.65. The number of rotatable bonds is 1. The number of phenols is 1. The number of aromatic hydroxyl groups is 1. The minimum atomic E-state index is -4.27. The molecule has 0 aromatic heterocycles. The fourth-order valence-electron chi connectivity index (χ4n) is 1.17. The van der Waals surface area contributed by atoms with E-state index in [0.717, 1.165) is 6.07 Å². The molecule has 0 bridgehead atoms. The van der Waals surface area contributed by atoms with Crippen LogP contribution in [-0.2, 0) is 15.5 Å². The van der Waals surface area contributed by atoms with Crippen LogP contribution in [0.1, 0.15) is 26.3 Å². The van der Waals surface area contributed by atoms with Crippen LogP contribution in [0, 0.1) is 0 Å². The molecule has 1 aromatic carbocycles. The number of hydrogen-bond donors (Lipinski definition) is 2. The second-order valence-electron chi connectivity index (χ2n) is 4.44. The quantitative estimate of drug-likeness (QED) is 0.723. The standard InChI is InChI=1S/C10H14O4S/c1-10(2,3)7-4-8(11)6-9(5-7)15(12,13)14/h4-6,11H,1-3H3,(H,12,13,14). The maximum Gasteiger partial charge on any atom is 0.294 e. The van der Waals surface area contributed by atoms with Crippen molar-refractivity contribution in [3.8, 4) is 5.75 Å². The molecule has 0 radical (unpaired) electrons. The van der Waals surface area contributed by atoms with Crippen LogP contribution in [0.4, 0.5) is 0 Å². The average molecular weight is 230 g/mol. The van der Waals surface area contributed by atoms with E-state index in [0.29, 0.717) is 5.56 Å². The molecule has 2 N–H and O–H groups in total. The van der Waals surface area contributed by atoms with Crippen molar-refractivity contribution >= 4 is 10.1 Å². The number of hydrogen-bond acceptors (Lipinski definition) is 3. The van der Waals surface area contributed by atoms with Crippen molar-refractivity contribution in [1.29, 1.82) is 0 Å². The molecule has 0 saturated carbocycles. The normalized spacial score (nSPS) is 12.8. The molecule has 15 heavy (non-hydrogen) atoms. The van der Waals surface area contributed by atoms with E-state index in [9.17, 15) is 13.5 Å². The van der Waals surface area contributed by atoms with E-state index in [1.807, 2.05) is 20.8 Å². The Kier molecular flexibility index (Phi) is 2.80. The largest absolute Gasteiger partial charge is 0.508 e. The Morgan fingerprint density at radius 2 is 1.67 bits per heavy atom. The molecule has 0 atom stereocenters. The highest BCUT2D eigenvalue weighted by atomic mass is 32.2.